The average Bonchev–Trinajstić information content (AvgIpc) is 3.19. The van der Waals surface area contributed by atoms with Crippen LogP contribution in [-0.4, -0.2) is 43.3 Å². The molecule has 0 aliphatic carbocycles. The van der Waals surface area contributed by atoms with E-state index in [9.17, 15) is 0 Å². The highest BCUT2D eigenvalue weighted by atomic mass is 32.1. The fourth-order valence-electron chi connectivity index (χ4n) is 4.03. The number of benzene rings is 2. The largest absolute Gasteiger partial charge is 0.495 e. The number of methoxy groups -OCH3 is 1. The van der Waals surface area contributed by atoms with Crippen LogP contribution in [0.2, 0.25) is 0 Å². The Morgan fingerprint density at radius 2 is 1.57 bits per heavy atom. The molecule has 5 rings (SSSR count). The Balaban J connectivity index is 1.47. The van der Waals surface area contributed by atoms with Crippen LogP contribution in [0.25, 0.3) is 21.6 Å². The zero-order chi connectivity index (χ0) is 20.5. The molecule has 1 saturated heterocycles. The zero-order valence-corrected chi connectivity index (χ0v) is 18.0. The van der Waals surface area contributed by atoms with Gasteiger partial charge in [-0.15, -0.1) is 11.3 Å². The number of aromatic nitrogens is 2. The molecule has 152 valence electrons. The average molecular weight is 417 g/mol. The molecule has 5 nitrogen and oxygen atoms in total. The third-order valence-corrected chi connectivity index (χ3v) is 6.48. The van der Waals surface area contributed by atoms with E-state index in [4.69, 9.17) is 14.7 Å². The second-order valence-corrected chi connectivity index (χ2v) is 8.69. The first-order chi connectivity index (χ1) is 14.7. The number of ether oxygens (including phenoxy) is 1. The number of hydrogen-bond donors (Lipinski definition) is 0. The number of para-hydroxylation sites is 2. The van der Waals surface area contributed by atoms with E-state index < -0.39 is 0 Å². The fraction of sp³-hybridized carbons (Fsp3) is 0.250. The van der Waals surface area contributed by atoms with E-state index in [-0.39, 0.29) is 0 Å². The second kappa shape index (κ2) is 7.95. The van der Waals surface area contributed by atoms with Gasteiger partial charge in [0.25, 0.3) is 0 Å². The molecule has 6 heteroatoms. The predicted octanol–water partition coefficient (Wildman–Crippen LogP) is 5.00. The summed E-state index contributed by atoms with van der Waals surface area (Å²) in [6, 6.07) is 20.7. The third kappa shape index (κ3) is 3.48. The number of anilines is 2. The molecule has 0 bridgehead atoms. The van der Waals surface area contributed by atoms with Crippen molar-refractivity contribution >= 4 is 33.1 Å². The SMILES string of the molecule is COc1ccccc1N1CCN(c2nc(-c3ccccc3)nc3sc(C)cc23)CC1. The Hall–Kier alpha value is -3.12. The minimum atomic E-state index is 0.798. The van der Waals surface area contributed by atoms with E-state index in [2.05, 4.69) is 47.1 Å². The van der Waals surface area contributed by atoms with Gasteiger partial charge in [-0.3, -0.25) is 0 Å². The molecule has 0 saturated carbocycles. The zero-order valence-electron chi connectivity index (χ0n) is 17.2. The van der Waals surface area contributed by atoms with Crippen LogP contribution in [0, 0.1) is 6.92 Å². The topological polar surface area (TPSA) is 41.5 Å². The summed E-state index contributed by atoms with van der Waals surface area (Å²) in [7, 11) is 1.73. The number of thiophene rings is 1. The molecule has 0 spiro atoms. The minimum absolute atomic E-state index is 0.798. The van der Waals surface area contributed by atoms with Crippen molar-refractivity contribution in [2.45, 2.75) is 6.92 Å². The lowest BCUT2D eigenvalue weighted by Crippen LogP contribution is -2.47. The molecule has 4 aromatic rings. The Kier molecular flexibility index (Phi) is 5.01. The van der Waals surface area contributed by atoms with Crippen molar-refractivity contribution in [3.8, 4) is 17.1 Å². The lowest BCUT2D eigenvalue weighted by atomic mass is 10.2. The fourth-order valence-corrected chi connectivity index (χ4v) is 4.91. The predicted molar refractivity (Wildman–Crippen MR) is 125 cm³/mol. The second-order valence-electron chi connectivity index (χ2n) is 7.46. The number of rotatable bonds is 4. The van der Waals surface area contributed by atoms with Gasteiger partial charge in [0.05, 0.1) is 18.2 Å². The van der Waals surface area contributed by atoms with Crippen LogP contribution >= 0.6 is 11.3 Å². The molecule has 0 radical (unpaired) electrons. The van der Waals surface area contributed by atoms with E-state index in [0.29, 0.717) is 0 Å². The molecule has 0 N–H and O–H groups in total. The number of fused-ring (bicyclic) bond motifs is 1. The van der Waals surface area contributed by atoms with Crippen LogP contribution < -0.4 is 14.5 Å². The Morgan fingerprint density at radius 1 is 0.867 bits per heavy atom. The first kappa shape index (κ1) is 18.9. The van der Waals surface area contributed by atoms with Crippen molar-refractivity contribution < 1.29 is 4.74 Å². The quantitative estimate of drug-likeness (QED) is 0.468. The highest BCUT2D eigenvalue weighted by Gasteiger charge is 2.23. The van der Waals surface area contributed by atoms with Gasteiger partial charge in [0.2, 0.25) is 0 Å². The Labute approximate surface area is 180 Å². The third-order valence-electron chi connectivity index (χ3n) is 5.53. The van der Waals surface area contributed by atoms with Gasteiger partial charge in [-0.25, -0.2) is 9.97 Å². The van der Waals surface area contributed by atoms with Gasteiger partial charge >= 0.3 is 0 Å². The van der Waals surface area contributed by atoms with Gasteiger partial charge in [-0.1, -0.05) is 42.5 Å². The molecule has 0 amide bonds. The molecular weight excluding hydrogens is 392 g/mol. The summed E-state index contributed by atoms with van der Waals surface area (Å²) in [6.45, 7) is 5.81. The Bertz CT molecular complexity index is 1170. The highest BCUT2D eigenvalue weighted by molar-refractivity contribution is 7.18. The molecule has 30 heavy (non-hydrogen) atoms. The van der Waals surface area contributed by atoms with Crippen molar-refractivity contribution in [2.24, 2.45) is 0 Å². The number of hydrogen-bond acceptors (Lipinski definition) is 6. The molecule has 0 atom stereocenters. The van der Waals surface area contributed by atoms with Gasteiger partial charge in [0.15, 0.2) is 5.82 Å². The maximum absolute atomic E-state index is 5.56. The van der Waals surface area contributed by atoms with Crippen LogP contribution in [0.4, 0.5) is 11.5 Å². The van der Waals surface area contributed by atoms with E-state index >= 15 is 0 Å². The monoisotopic (exact) mass is 416 g/mol. The van der Waals surface area contributed by atoms with Crippen molar-refractivity contribution in [3.63, 3.8) is 0 Å². The van der Waals surface area contributed by atoms with Gasteiger partial charge in [0.1, 0.15) is 16.4 Å². The lowest BCUT2D eigenvalue weighted by Gasteiger charge is -2.37. The minimum Gasteiger partial charge on any atom is -0.495 e. The van der Waals surface area contributed by atoms with Crippen LogP contribution in [-0.2, 0) is 0 Å². The van der Waals surface area contributed by atoms with Crippen LogP contribution in [0.1, 0.15) is 4.88 Å². The van der Waals surface area contributed by atoms with E-state index in [1.165, 1.54) is 4.88 Å². The summed E-state index contributed by atoms with van der Waals surface area (Å²) in [5, 5.41) is 1.16. The van der Waals surface area contributed by atoms with Gasteiger partial charge in [-0.2, -0.15) is 0 Å². The molecular formula is C24H24N4OS. The van der Waals surface area contributed by atoms with Gasteiger partial charge in [-0.05, 0) is 25.1 Å². The lowest BCUT2D eigenvalue weighted by molar-refractivity contribution is 0.413. The van der Waals surface area contributed by atoms with E-state index in [1.807, 2.05) is 30.3 Å². The van der Waals surface area contributed by atoms with Crippen molar-refractivity contribution in [3.05, 3.63) is 65.5 Å². The van der Waals surface area contributed by atoms with Crippen molar-refractivity contribution in [1.29, 1.82) is 0 Å². The smallest absolute Gasteiger partial charge is 0.163 e. The summed E-state index contributed by atoms with van der Waals surface area (Å²) >= 11 is 1.74. The summed E-state index contributed by atoms with van der Waals surface area (Å²) in [5.74, 6) is 2.77. The molecule has 2 aromatic heterocycles. The molecule has 0 unspecified atom stereocenters. The summed E-state index contributed by atoms with van der Waals surface area (Å²) in [4.78, 5) is 17.0. The molecule has 1 fully saturated rings. The molecule has 2 aromatic carbocycles. The summed E-state index contributed by atoms with van der Waals surface area (Å²) < 4.78 is 5.56. The maximum Gasteiger partial charge on any atom is 0.163 e. The highest BCUT2D eigenvalue weighted by Crippen LogP contribution is 2.34. The van der Waals surface area contributed by atoms with Crippen LogP contribution in [0.3, 0.4) is 0 Å². The van der Waals surface area contributed by atoms with Crippen LogP contribution in [0.15, 0.2) is 60.7 Å². The van der Waals surface area contributed by atoms with Crippen LogP contribution in [0.5, 0.6) is 5.75 Å². The van der Waals surface area contributed by atoms with E-state index in [0.717, 1.165) is 65.0 Å². The van der Waals surface area contributed by atoms with Crippen molar-refractivity contribution in [1.82, 2.24) is 9.97 Å². The first-order valence-electron chi connectivity index (χ1n) is 10.2. The number of nitrogens with zero attached hydrogens (tertiary/aromatic N) is 4. The number of piperazine rings is 1. The Morgan fingerprint density at radius 3 is 2.33 bits per heavy atom. The van der Waals surface area contributed by atoms with Crippen molar-refractivity contribution in [2.75, 3.05) is 43.1 Å². The normalized spacial score (nSPS) is 14.3. The summed E-state index contributed by atoms with van der Waals surface area (Å²) in [5.41, 5.74) is 2.21. The standard InChI is InChI=1S/C24H24N4OS/c1-17-16-19-23(25-22(26-24(19)30-17)18-8-4-3-5-9-18)28-14-12-27(13-15-28)20-10-6-7-11-21(20)29-2/h3-11,16H,12-15H2,1-2H3. The maximum atomic E-state index is 5.56. The van der Waals surface area contributed by atoms with E-state index in [1.54, 1.807) is 18.4 Å². The van der Waals surface area contributed by atoms with Gasteiger partial charge < -0.3 is 14.5 Å². The molecule has 3 heterocycles. The number of aryl methyl sites for hydroxylation is 1. The molecule has 1 aliphatic rings. The summed E-state index contributed by atoms with van der Waals surface area (Å²) in [6.07, 6.45) is 0. The van der Waals surface area contributed by atoms with Gasteiger partial charge in [0, 0.05) is 36.6 Å². The first-order valence-corrected chi connectivity index (χ1v) is 11.0. The molecule has 1 aliphatic heterocycles.